The molecule has 3 rings (SSSR count). The molecule has 0 amide bonds. The van der Waals surface area contributed by atoms with Gasteiger partial charge in [0.15, 0.2) is 37.9 Å². The van der Waals surface area contributed by atoms with Gasteiger partial charge in [-0.3, -0.25) is 0 Å². The Kier molecular flexibility index (Phi) is 18.2. The lowest BCUT2D eigenvalue weighted by Crippen LogP contribution is -2.35. The highest BCUT2D eigenvalue weighted by molar-refractivity contribution is 7.75. The summed E-state index contributed by atoms with van der Waals surface area (Å²) in [5.74, 6) is 0. The molecular formula is C29H42B3F12N2P. The van der Waals surface area contributed by atoms with E-state index < -0.39 is 29.0 Å². The minimum Gasteiger partial charge on any atom is -0.418 e. The summed E-state index contributed by atoms with van der Waals surface area (Å²) < 4.78 is 122. The Bertz CT molecular complexity index is 1220. The Morgan fingerprint density at radius 3 is 1.15 bits per heavy atom. The molecule has 0 aliphatic carbocycles. The van der Waals surface area contributed by atoms with Crippen LogP contribution in [0.1, 0.15) is 52.7 Å². The average molecular weight is 710 g/mol. The summed E-state index contributed by atoms with van der Waals surface area (Å²) in [5.41, 5.74) is 5.48. The lowest BCUT2D eigenvalue weighted by molar-refractivity contribution is -0.692. The molecule has 3 aromatic rings. The Morgan fingerprint density at radius 2 is 0.851 bits per heavy atom. The predicted octanol–water partition coefficient (Wildman–Crippen LogP) is 10.3. The lowest BCUT2D eigenvalue weighted by Gasteiger charge is -2.21. The second-order valence-electron chi connectivity index (χ2n) is 11.5. The van der Waals surface area contributed by atoms with Crippen molar-refractivity contribution in [2.75, 3.05) is 24.6 Å². The number of nitrogens with zero attached hydrogens (tertiary/aromatic N) is 2. The van der Waals surface area contributed by atoms with E-state index in [9.17, 15) is 51.8 Å². The highest BCUT2D eigenvalue weighted by Gasteiger charge is 2.32. The van der Waals surface area contributed by atoms with Crippen molar-refractivity contribution >= 4 is 29.0 Å². The third-order valence-electron chi connectivity index (χ3n) is 7.15. The van der Waals surface area contributed by atoms with Crippen molar-refractivity contribution in [2.45, 2.75) is 60.0 Å². The Labute approximate surface area is 270 Å². The molecule has 47 heavy (non-hydrogen) atoms. The van der Waals surface area contributed by atoms with E-state index in [0.717, 1.165) is 13.1 Å². The van der Waals surface area contributed by atoms with Crippen molar-refractivity contribution in [2.24, 2.45) is 0 Å². The second kappa shape index (κ2) is 19.3. The highest BCUT2D eigenvalue weighted by Crippen LogP contribution is 2.57. The van der Waals surface area contributed by atoms with Crippen LogP contribution in [0.25, 0.3) is 11.1 Å². The summed E-state index contributed by atoms with van der Waals surface area (Å²) >= 11 is 0. The van der Waals surface area contributed by atoms with Gasteiger partial charge in [-0.2, -0.15) is 0 Å². The van der Waals surface area contributed by atoms with Crippen LogP contribution < -0.4 is 9.13 Å². The van der Waals surface area contributed by atoms with E-state index in [2.05, 4.69) is 124 Å². The molecule has 0 bridgehead atoms. The van der Waals surface area contributed by atoms with Crippen LogP contribution in [-0.2, 0) is 18.5 Å². The quantitative estimate of drug-likeness (QED) is 0.0905. The standard InChI is InChI=1S/C29H42N2P.3BF4/c1-7-32(8-2,9-3)23-22-30-18-14-26(15-19-30)27-16-20-31(21-17-27)24-25-10-12-28(13-11-25)29(4,5)6;3*2-1(3,4)5/h10-21H,7-9,22-24H2,1-6H3;;;/q+3;3*-1. The molecule has 1 aromatic carbocycles. The van der Waals surface area contributed by atoms with Gasteiger partial charge in [0.05, 0.1) is 18.5 Å². The van der Waals surface area contributed by atoms with Crippen LogP contribution in [-0.4, -0.2) is 46.4 Å². The molecule has 0 fully saturated rings. The average Bonchev–Trinajstić information content (AvgIpc) is 2.92. The molecule has 18 heteroatoms. The van der Waals surface area contributed by atoms with Crippen LogP contribution in [0.3, 0.4) is 0 Å². The van der Waals surface area contributed by atoms with E-state index in [1.165, 1.54) is 46.9 Å². The van der Waals surface area contributed by atoms with E-state index in [1.807, 2.05) is 0 Å². The van der Waals surface area contributed by atoms with Crippen molar-refractivity contribution in [3.8, 4) is 11.1 Å². The molecule has 0 spiro atoms. The van der Waals surface area contributed by atoms with Gasteiger partial charge in [-0.25, -0.2) is 9.13 Å². The van der Waals surface area contributed by atoms with E-state index in [-0.39, 0.29) is 5.41 Å². The Morgan fingerprint density at radius 1 is 0.532 bits per heavy atom. The molecular weight excluding hydrogens is 668 g/mol. The fourth-order valence-corrected chi connectivity index (χ4v) is 7.29. The number of rotatable bonds is 9. The van der Waals surface area contributed by atoms with Crippen molar-refractivity contribution in [3.05, 3.63) is 84.4 Å². The van der Waals surface area contributed by atoms with Gasteiger partial charge >= 0.3 is 21.8 Å². The lowest BCUT2D eigenvalue weighted by atomic mass is 9.87. The molecule has 0 N–H and O–H groups in total. The number of hydrogen-bond donors (Lipinski definition) is 0. The molecule has 0 aliphatic rings. The van der Waals surface area contributed by atoms with Crippen molar-refractivity contribution < 1.29 is 60.9 Å². The Balaban J connectivity index is 0.00000117. The summed E-state index contributed by atoms with van der Waals surface area (Å²) in [4.78, 5) is 0. The minimum absolute atomic E-state index is 0.202. The van der Waals surface area contributed by atoms with Crippen LogP contribution in [0.2, 0.25) is 0 Å². The first-order valence-corrected chi connectivity index (χ1v) is 17.4. The molecule has 0 saturated carbocycles. The van der Waals surface area contributed by atoms with Crippen LogP contribution >= 0.6 is 7.26 Å². The van der Waals surface area contributed by atoms with Crippen LogP contribution in [0.4, 0.5) is 51.8 Å². The Hall–Kier alpha value is -2.70. The van der Waals surface area contributed by atoms with Crippen molar-refractivity contribution in [1.82, 2.24) is 0 Å². The van der Waals surface area contributed by atoms with Crippen molar-refractivity contribution in [3.63, 3.8) is 0 Å². The van der Waals surface area contributed by atoms with Gasteiger partial charge < -0.3 is 51.8 Å². The first kappa shape index (κ1) is 44.3. The zero-order valence-corrected chi connectivity index (χ0v) is 28.2. The molecule has 0 aliphatic heterocycles. The van der Waals surface area contributed by atoms with E-state index >= 15 is 0 Å². The number of aromatic nitrogens is 2. The minimum atomic E-state index is -6.00. The molecule has 266 valence electrons. The molecule has 0 unspecified atom stereocenters. The van der Waals surface area contributed by atoms with Crippen molar-refractivity contribution in [1.29, 1.82) is 0 Å². The molecule has 2 aromatic heterocycles. The molecule has 0 saturated heterocycles. The number of halogens is 12. The summed E-state index contributed by atoms with van der Waals surface area (Å²) in [7, 11) is -18.7. The maximum atomic E-state index is 9.75. The van der Waals surface area contributed by atoms with Crippen LogP contribution in [0.5, 0.6) is 0 Å². The molecule has 0 atom stereocenters. The number of pyridine rings is 2. The van der Waals surface area contributed by atoms with Gasteiger partial charge in [0.1, 0.15) is 6.16 Å². The fourth-order valence-electron chi connectivity index (χ4n) is 4.35. The molecule has 2 heterocycles. The maximum Gasteiger partial charge on any atom is 0.673 e. The molecule has 2 nitrogen and oxygen atoms in total. The van der Waals surface area contributed by atoms with Gasteiger partial charge in [-0.1, -0.05) is 45.0 Å². The van der Waals surface area contributed by atoms with E-state index in [0.29, 0.717) is 0 Å². The topological polar surface area (TPSA) is 7.76 Å². The van der Waals surface area contributed by atoms with Crippen LogP contribution in [0, 0.1) is 0 Å². The highest BCUT2D eigenvalue weighted by atomic mass is 31.2. The SMILES string of the molecule is CC[P+](CC)(CC)CC[n+]1ccc(-c2cc[n+](Cc3ccc(C(C)(C)C)cc3)cc2)cc1.F[B-](F)(F)F.F[B-](F)(F)F.F[B-](F)(F)F. The number of benzene rings is 1. The van der Waals surface area contributed by atoms with E-state index in [1.54, 1.807) is 0 Å². The zero-order valence-electron chi connectivity index (χ0n) is 27.3. The summed E-state index contributed by atoms with van der Waals surface area (Å²) in [6.45, 7) is 16.0. The van der Waals surface area contributed by atoms with Crippen LogP contribution in [0.15, 0.2) is 73.3 Å². The summed E-state index contributed by atoms with van der Waals surface area (Å²) in [5, 5.41) is 0. The molecule has 0 radical (unpaired) electrons. The first-order chi connectivity index (χ1) is 21.3. The first-order valence-electron chi connectivity index (χ1n) is 14.8. The third-order valence-corrected chi connectivity index (χ3v) is 12.3. The number of hydrogen-bond acceptors (Lipinski definition) is 0. The van der Waals surface area contributed by atoms with Gasteiger partial charge in [0.2, 0.25) is 0 Å². The number of aryl methyl sites for hydroxylation is 1. The maximum absolute atomic E-state index is 9.75. The predicted molar refractivity (Wildman–Crippen MR) is 170 cm³/mol. The van der Waals surface area contributed by atoms with E-state index in [4.69, 9.17) is 0 Å². The summed E-state index contributed by atoms with van der Waals surface area (Å²) in [6.07, 6.45) is 14.4. The van der Waals surface area contributed by atoms with Gasteiger partial charge in [0, 0.05) is 37.1 Å². The summed E-state index contributed by atoms with van der Waals surface area (Å²) in [6, 6.07) is 18.0. The van der Waals surface area contributed by atoms with Gasteiger partial charge in [0.25, 0.3) is 0 Å². The van der Waals surface area contributed by atoms with Gasteiger partial charge in [-0.15, -0.1) is 0 Å². The fraction of sp³-hybridized carbons (Fsp3) is 0.448. The smallest absolute Gasteiger partial charge is 0.418 e. The largest absolute Gasteiger partial charge is 0.673 e. The normalized spacial score (nSPS) is 12.1. The third kappa shape index (κ3) is 23.3. The second-order valence-corrected chi connectivity index (χ2v) is 16.6. The van der Waals surface area contributed by atoms with Gasteiger partial charge in [-0.05, 0) is 42.9 Å². The zero-order chi connectivity index (χ0) is 36.7. The monoisotopic (exact) mass is 710 g/mol.